The van der Waals surface area contributed by atoms with Crippen LogP contribution in [-0.4, -0.2) is 32.4 Å². The molecule has 1 rings (SSSR count). The molecule has 1 unspecified atom stereocenters. The number of esters is 2. The zero-order valence-electron chi connectivity index (χ0n) is 12.0. The molecule has 0 saturated heterocycles. The molecule has 20 heavy (non-hydrogen) atoms. The van der Waals surface area contributed by atoms with Gasteiger partial charge in [-0.05, 0) is 17.7 Å². The molecule has 0 bridgehead atoms. The highest BCUT2D eigenvalue weighted by Crippen LogP contribution is 2.09. The fourth-order valence-corrected chi connectivity index (χ4v) is 1.69. The van der Waals surface area contributed by atoms with Gasteiger partial charge < -0.3 is 14.2 Å². The summed E-state index contributed by atoms with van der Waals surface area (Å²) in [6.07, 6.45) is 1.19. The standard InChI is InChI=1S/C15H20O5/c1-4-5-14(18-2)20-13(16)10-11-6-8-12(9-7-11)15(17)19-3/h6-9,14H,4-5,10H2,1-3H3. The van der Waals surface area contributed by atoms with Crippen LogP contribution in [0.1, 0.15) is 35.7 Å². The summed E-state index contributed by atoms with van der Waals surface area (Å²) in [5, 5.41) is 0. The Morgan fingerprint density at radius 1 is 1.15 bits per heavy atom. The zero-order chi connectivity index (χ0) is 15.0. The smallest absolute Gasteiger partial charge is 0.337 e. The maximum Gasteiger partial charge on any atom is 0.337 e. The average molecular weight is 280 g/mol. The van der Waals surface area contributed by atoms with E-state index < -0.39 is 12.3 Å². The molecule has 0 heterocycles. The van der Waals surface area contributed by atoms with Crippen molar-refractivity contribution in [1.82, 2.24) is 0 Å². The SMILES string of the molecule is CCCC(OC)OC(=O)Cc1ccc(C(=O)OC)cc1. The van der Waals surface area contributed by atoms with Gasteiger partial charge in [0.25, 0.3) is 0 Å². The predicted octanol–water partition coefficient (Wildman–Crippen LogP) is 2.33. The molecule has 0 amide bonds. The van der Waals surface area contributed by atoms with Gasteiger partial charge in [-0.15, -0.1) is 0 Å². The third-order valence-electron chi connectivity index (χ3n) is 2.77. The predicted molar refractivity (Wildman–Crippen MR) is 73.3 cm³/mol. The summed E-state index contributed by atoms with van der Waals surface area (Å²) in [7, 11) is 2.84. The maximum absolute atomic E-state index is 11.7. The average Bonchev–Trinajstić information content (AvgIpc) is 2.46. The summed E-state index contributed by atoms with van der Waals surface area (Å²) in [5.41, 5.74) is 1.22. The van der Waals surface area contributed by atoms with E-state index in [1.807, 2.05) is 6.92 Å². The summed E-state index contributed by atoms with van der Waals surface area (Å²) in [6, 6.07) is 6.65. The molecule has 5 nitrogen and oxygen atoms in total. The molecule has 0 aliphatic rings. The van der Waals surface area contributed by atoms with Gasteiger partial charge in [0.05, 0.1) is 19.1 Å². The van der Waals surface area contributed by atoms with Crippen LogP contribution in [0, 0.1) is 0 Å². The Bertz CT molecular complexity index is 438. The van der Waals surface area contributed by atoms with Crippen molar-refractivity contribution in [2.45, 2.75) is 32.5 Å². The summed E-state index contributed by atoms with van der Waals surface area (Å²) in [6.45, 7) is 1.99. The molecule has 0 aromatic heterocycles. The van der Waals surface area contributed by atoms with Gasteiger partial charge >= 0.3 is 11.9 Å². The fourth-order valence-electron chi connectivity index (χ4n) is 1.69. The third-order valence-corrected chi connectivity index (χ3v) is 2.77. The minimum absolute atomic E-state index is 0.144. The Hall–Kier alpha value is -1.88. The van der Waals surface area contributed by atoms with Crippen LogP contribution in [-0.2, 0) is 25.4 Å². The fraction of sp³-hybridized carbons (Fsp3) is 0.467. The molecule has 1 atom stereocenters. The summed E-state index contributed by atoms with van der Waals surface area (Å²) >= 11 is 0. The molecule has 0 N–H and O–H groups in total. The number of methoxy groups -OCH3 is 2. The van der Waals surface area contributed by atoms with Crippen LogP contribution in [0.15, 0.2) is 24.3 Å². The van der Waals surface area contributed by atoms with Crippen LogP contribution in [0.25, 0.3) is 0 Å². The molecule has 5 heteroatoms. The van der Waals surface area contributed by atoms with E-state index in [1.165, 1.54) is 14.2 Å². The second kappa shape index (κ2) is 8.32. The van der Waals surface area contributed by atoms with Gasteiger partial charge in [0.1, 0.15) is 0 Å². The lowest BCUT2D eigenvalue weighted by atomic mass is 10.1. The van der Waals surface area contributed by atoms with E-state index in [0.29, 0.717) is 12.0 Å². The summed E-state index contributed by atoms with van der Waals surface area (Å²) < 4.78 is 14.9. The van der Waals surface area contributed by atoms with Crippen LogP contribution >= 0.6 is 0 Å². The van der Waals surface area contributed by atoms with E-state index in [0.717, 1.165) is 12.0 Å². The van der Waals surface area contributed by atoms with Crippen molar-refractivity contribution in [3.8, 4) is 0 Å². The second-order valence-corrected chi connectivity index (χ2v) is 4.31. The van der Waals surface area contributed by atoms with Gasteiger partial charge in [-0.2, -0.15) is 0 Å². The first-order valence-electron chi connectivity index (χ1n) is 6.50. The number of carbonyl (C=O) groups is 2. The van der Waals surface area contributed by atoms with Gasteiger partial charge in [-0.25, -0.2) is 4.79 Å². The monoisotopic (exact) mass is 280 g/mol. The Balaban J connectivity index is 2.55. The molecule has 0 aliphatic carbocycles. The second-order valence-electron chi connectivity index (χ2n) is 4.31. The van der Waals surface area contributed by atoms with Crippen molar-refractivity contribution >= 4 is 11.9 Å². The molecule has 0 fully saturated rings. The first kappa shape index (κ1) is 16.2. The first-order valence-corrected chi connectivity index (χ1v) is 6.50. The van der Waals surface area contributed by atoms with E-state index in [9.17, 15) is 9.59 Å². The van der Waals surface area contributed by atoms with E-state index in [4.69, 9.17) is 9.47 Å². The number of ether oxygens (including phenoxy) is 3. The molecule has 1 aromatic carbocycles. The summed E-state index contributed by atoms with van der Waals surface area (Å²) in [5.74, 6) is -0.752. The normalized spacial score (nSPS) is 11.8. The van der Waals surface area contributed by atoms with Gasteiger partial charge in [-0.3, -0.25) is 4.79 Å². The van der Waals surface area contributed by atoms with Crippen molar-refractivity contribution < 1.29 is 23.8 Å². The van der Waals surface area contributed by atoms with Gasteiger partial charge in [-0.1, -0.05) is 25.5 Å². The van der Waals surface area contributed by atoms with E-state index in [1.54, 1.807) is 24.3 Å². The number of benzene rings is 1. The first-order chi connectivity index (χ1) is 9.60. The Labute approximate surface area is 118 Å². The van der Waals surface area contributed by atoms with Gasteiger partial charge in [0.2, 0.25) is 6.29 Å². The maximum atomic E-state index is 11.7. The van der Waals surface area contributed by atoms with Crippen molar-refractivity contribution in [2.24, 2.45) is 0 Å². The van der Waals surface area contributed by atoms with Gasteiger partial charge in [0, 0.05) is 13.5 Å². The highest BCUT2D eigenvalue weighted by molar-refractivity contribution is 5.89. The van der Waals surface area contributed by atoms with Crippen LogP contribution in [0.5, 0.6) is 0 Å². The highest BCUT2D eigenvalue weighted by Gasteiger charge is 2.13. The van der Waals surface area contributed by atoms with Crippen molar-refractivity contribution in [2.75, 3.05) is 14.2 Å². The molecule has 1 aromatic rings. The molecular weight excluding hydrogens is 260 g/mol. The highest BCUT2D eigenvalue weighted by atomic mass is 16.7. The summed E-state index contributed by atoms with van der Waals surface area (Å²) in [4.78, 5) is 23.0. The van der Waals surface area contributed by atoms with Crippen molar-refractivity contribution in [1.29, 1.82) is 0 Å². The Kier molecular flexibility index (Phi) is 6.73. The van der Waals surface area contributed by atoms with E-state index in [-0.39, 0.29) is 12.4 Å². The Morgan fingerprint density at radius 2 is 1.80 bits per heavy atom. The number of hydrogen-bond acceptors (Lipinski definition) is 5. The minimum atomic E-state index is -0.498. The number of hydrogen-bond donors (Lipinski definition) is 0. The lowest BCUT2D eigenvalue weighted by Gasteiger charge is -2.15. The molecule has 0 radical (unpaired) electrons. The third kappa shape index (κ3) is 5.01. The van der Waals surface area contributed by atoms with Crippen LogP contribution in [0.4, 0.5) is 0 Å². The number of carbonyl (C=O) groups excluding carboxylic acids is 2. The lowest BCUT2D eigenvalue weighted by Crippen LogP contribution is -2.21. The minimum Gasteiger partial charge on any atom is -0.465 e. The van der Waals surface area contributed by atoms with E-state index >= 15 is 0 Å². The molecule has 0 aliphatic heterocycles. The van der Waals surface area contributed by atoms with E-state index in [2.05, 4.69) is 4.74 Å². The van der Waals surface area contributed by atoms with Crippen molar-refractivity contribution in [3.05, 3.63) is 35.4 Å². The largest absolute Gasteiger partial charge is 0.465 e. The van der Waals surface area contributed by atoms with Crippen LogP contribution in [0.2, 0.25) is 0 Å². The molecule has 0 saturated carbocycles. The van der Waals surface area contributed by atoms with Crippen molar-refractivity contribution in [3.63, 3.8) is 0 Å². The molecule has 0 spiro atoms. The quantitative estimate of drug-likeness (QED) is 0.566. The molecule has 110 valence electrons. The topological polar surface area (TPSA) is 61.8 Å². The van der Waals surface area contributed by atoms with Gasteiger partial charge in [0.15, 0.2) is 0 Å². The number of rotatable bonds is 7. The Morgan fingerprint density at radius 3 is 2.30 bits per heavy atom. The lowest BCUT2D eigenvalue weighted by molar-refractivity contribution is -0.173. The molecular formula is C15H20O5. The zero-order valence-corrected chi connectivity index (χ0v) is 12.0. The van der Waals surface area contributed by atoms with Crippen LogP contribution in [0.3, 0.4) is 0 Å². The van der Waals surface area contributed by atoms with Crippen LogP contribution < -0.4 is 0 Å².